The monoisotopic (exact) mass is 478 g/mol. The lowest BCUT2D eigenvalue weighted by Crippen LogP contribution is -2.41. The molecule has 1 aliphatic carbocycles. The molecule has 0 bridgehead atoms. The lowest BCUT2D eigenvalue weighted by Gasteiger charge is -2.37. The van der Waals surface area contributed by atoms with Gasteiger partial charge in [0.15, 0.2) is 0 Å². The van der Waals surface area contributed by atoms with Crippen molar-refractivity contribution in [3.8, 4) is 17.0 Å². The van der Waals surface area contributed by atoms with Crippen molar-refractivity contribution < 1.29 is 18.7 Å². The first kappa shape index (κ1) is 23.5. The number of aromatic nitrogens is 3. The zero-order chi connectivity index (χ0) is 24.4. The highest BCUT2D eigenvalue weighted by atomic mass is 19.1. The van der Waals surface area contributed by atoms with Gasteiger partial charge in [-0.05, 0) is 68.9 Å². The van der Waals surface area contributed by atoms with Gasteiger partial charge in [0.2, 0.25) is 0 Å². The number of H-pyrrole nitrogens is 1. The molecule has 1 N–H and O–H groups in total. The summed E-state index contributed by atoms with van der Waals surface area (Å²) >= 11 is 0. The van der Waals surface area contributed by atoms with Crippen molar-refractivity contribution in [3.63, 3.8) is 0 Å². The minimum Gasteiger partial charge on any atom is -0.496 e. The fraction of sp³-hybridized carbons (Fsp3) is 0.444. The predicted octanol–water partition coefficient (Wildman–Crippen LogP) is 4.98. The lowest BCUT2D eigenvalue weighted by molar-refractivity contribution is -0.149. The molecule has 1 aromatic carbocycles. The number of rotatable bonds is 6. The number of hydrogen-bond donors (Lipinski definition) is 1. The molecule has 1 fully saturated rings. The molecule has 0 atom stereocenters. The average molecular weight is 479 g/mol. The highest BCUT2D eigenvalue weighted by Crippen LogP contribution is 2.36. The van der Waals surface area contributed by atoms with Gasteiger partial charge in [-0.1, -0.05) is 6.08 Å². The summed E-state index contributed by atoms with van der Waals surface area (Å²) in [6, 6.07) is 7.01. The van der Waals surface area contributed by atoms with Crippen molar-refractivity contribution in [1.29, 1.82) is 0 Å². The molecule has 0 unspecified atom stereocenters. The second kappa shape index (κ2) is 10.2. The summed E-state index contributed by atoms with van der Waals surface area (Å²) < 4.78 is 24.7. The molecule has 1 aliphatic heterocycles. The van der Waals surface area contributed by atoms with Crippen LogP contribution in [-0.2, 0) is 9.53 Å². The largest absolute Gasteiger partial charge is 0.496 e. The molecule has 2 aliphatic rings. The first-order chi connectivity index (χ1) is 17.1. The Morgan fingerprint density at radius 1 is 1.20 bits per heavy atom. The minimum atomic E-state index is -0.338. The van der Waals surface area contributed by atoms with Crippen LogP contribution >= 0.6 is 0 Å². The SMILES string of the molecule is CCOC(=O)C1CCC(N2CC=C(c3cc4c(-c5cc(F)ccc5OC)ncnc4[nH]3)CC2)CC1. The van der Waals surface area contributed by atoms with Crippen LogP contribution in [0.2, 0.25) is 0 Å². The summed E-state index contributed by atoms with van der Waals surface area (Å²) in [6.07, 6.45) is 8.58. The van der Waals surface area contributed by atoms with Crippen molar-refractivity contribution in [3.05, 3.63) is 48.2 Å². The zero-order valence-electron chi connectivity index (χ0n) is 20.2. The molecular formula is C27H31FN4O3. The van der Waals surface area contributed by atoms with Gasteiger partial charge in [-0.2, -0.15) is 0 Å². The summed E-state index contributed by atoms with van der Waals surface area (Å²) in [7, 11) is 1.57. The van der Waals surface area contributed by atoms with Crippen LogP contribution in [-0.4, -0.2) is 58.7 Å². The summed E-state index contributed by atoms with van der Waals surface area (Å²) in [5, 5.41) is 0.840. The second-order valence-corrected chi connectivity index (χ2v) is 9.24. The number of carbonyl (C=O) groups excluding carboxylic acids is 1. The number of esters is 1. The predicted molar refractivity (Wildman–Crippen MR) is 132 cm³/mol. The van der Waals surface area contributed by atoms with E-state index in [1.54, 1.807) is 13.2 Å². The number of hydrogen-bond acceptors (Lipinski definition) is 6. The van der Waals surface area contributed by atoms with Crippen LogP contribution in [0, 0.1) is 11.7 Å². The van der Waals surface area contributed by atoms with E-state index in [2.05, 4.69) is 32.0 Å². The normalized spacial score (nSPS) is 21.1. The number of nitrogens with zero attached hydrogens (tertiary/aromatic N) is 3. The second-order valence-electron chi connectivity index (χ2n) is 9.24. The Labute approximate surface area is 204 Å². The number of nitrogens with one attached hydrogen (secondary N) is 1. The molecule has 8 heteroatoms. The Morgan fingerprint density at radius 3 is 2.74 bits per heavy atom. The topological polar surface area (TPSA) is 80.3 Å². The molecule has 5 rings (SSSR count). The Bertz CT molecular complexity index is 1250. The van der Waals surface area contributed by atoms with Crippen molar-refractivity contribution in [2.24, 2.45) is 5.92 Å². The Morgan fingerprint density at radius 2 is 2.03 bits per heavy atom. The highest BCUT2D eigenvalue weighted by Gasteiger charge is 2.31. The van der Waals surface area contributed by atoms with Crippen LogP contribution in [0.4, 0.5) is 4.39 Å². The van der Waals surface area contributed by atoms with Crippen LogP contribution < -0.4 is 4.74 Å². The third-order valence-electron chi connectivity index (χ3n) is 7.26. The minimum absolute atomic E-state index is 0.0380. The molecule has 3 aromatic rings. The lowest BCUT2D eigenvalue weighted by atomic mass is 9.84. The molecule has 35 heavy (non-hydrogen) atoms. The highest BCUT2D eigenvalue weighted by molar-refractivity contribution is 5.94. The van der Waals surface area contributed by atoms with Crippen LogP contribution in [0.15, 0.2) is 36.7 Å². The van der Waals surface area contributed by atoms with E-state index in [0.29, 0.717) is 29.7 Å². The quantitative estimate of drug-likeness (QED) is 0.503. The standard InChI is InChI=1S/C27H31FN4O3/c1-3-35-27(33)18-4-7-20(8-5-18)32-12-10-17(11-13-32)23-15-22-25(29-16-30-26(22)31-23)21-14-19(28)6-9-24(21)34-2/h6,9-10,14-16,18,20H,3-5,7-8,11-13H2,1-2H3,(H,29,30,31). The maximum atomic E-state index is 14.0. The summed E-state index contributed by atoms with van der Waals surface area (Å²) in [4.78, 5) is 26.8. The molecule has 184 valence electrons. The molecule has 1 saturated carbocycles. The molecular weight excluding hydrogens is 447 g/mol. The molecule has 3 heterocycles. The van der Waals surface area contributed by atoms with Gasteiger partial charge in [0.1, 0.15) is 23.5 Å². The van der Waals surface area contributed by atoms with E-state index in [9.17, 15) is 9.18 Å². The smallest absolute Gasteiger partial charge is 0.308 e. The average Bonchev–Trinajstić information content (AvgIpc) is 3.34. The van der Waals surface area contributed by atoms with Gasteiger partial charge in [-0.3, -0.25) is 9.69 Å². The molecule has 0 amide bonds. The van der Waals surface area contributed by atoms with Crippen molar-refractivity contribution in [2.75, 3.05) is 26.8 Å². The maximum absolute atomic E-state index is 14.0. The zero-order valence-corrected chi connectivity index (χ0v) is 20.2. The van der Waals surface area contributed by atoms with Crippen LogP contribution in [0.1, 0.15) is 44.7 Å². The van der Waals surface area contributed by atoms with Crippen molar-refractivity contribution >= 4 is 22.6 Å². The first-order valence-electron chi connectivity index (χ1n) is 12.3. The van der Waals surface area contributed by atoms with Crippen molar-refractivity contribution in [2.45, 2.75) is 45.1 Å². The first-order valence-corrected chi connectivity index (χ1v) is 12.3. The van der Waals surface area contributed by atoms with E-state index < -0.39 is 0 Å². The summed E-state index contributed by atoms with van der Waals surface area (Å²) in [5.41, 5.74) is 4.23. The molecule has 2 aromatic heterocycles. The number of ether oxygens (including phenoxy) is 2. The van der Waals surface area contributed by atoms with E-state index in [-0.39, 0.29) is 17.7 Å². The van der Waals surface area contributed by atoms with E-state index in [4.69, 9.17) is 9.47 Å². The molecule has 0 radical (unpaired) electrons. The number of fused-ring (bicyclic) bond motifs is 1. The fourth-order valence-corrected chi connectivity index (χ4v) is 5.39. The maximum Gasteiger partial charge on any atom is 0.308 e. The number of methoxy groups -OCH3 is 1. The Kier molecular flexibility index (Phi) is 6.81. The van der Waals surface area contributed by atoms with Gasteiger partial charge in [-0.25, -0.2) is 14.4 Å². The Balaban J connectivity index is 1.31. The fourth-order valence-electron chi connectivity index (χ4n) is 5.39. The van der Waals surface area contributed by atoms with E-state index in [1.807, 2.05) is 6.92 Å². The van der Waals surface area contributed by atoms with E-state index in [1.165, 1.54) is 24.0 Å². The number of benzene rings is 1. The molecule has 0 spiro atoms. The van der Waals surface area contributed by atoms with Gasteiger partial charge >= 0.3 is 5.97 Å². The Hall–Kier alpha value is -3.26. The number of carbonyl (C=O) groups is 1. The van der Waals surface area contributed by atoms with Crippen molar-refractivity contribution in [1.82, 2.24) is 19.9 Å². The summed E-state index contributed by atoms with van der Waals surface area (Å²) in [5.74, 6) is 0.249. The van der Waals surface area contributed by atoms with Gasteiger partial charge in [0.05, 0.1) is 25.3 Å². The summed E-state index contributed by atoms with van der Waals surface area (Å²) in [6.45, 7) is 4.18. The third-order valence-corrected chi connectivity index (χ3v) is 7.26. The van der Waals surface area contributed by atoms with Gasteiger partial charge in [0.25, 0.3) is 0 Å². The number of aromatic amines is 1. The van der Waals surface area contributed by atoms with Crippen LogP contribution in [0.3, 0.4) is 0 Å². The number of halogens is 1. The van der Waals surface area contributed by atoms with Gasteiger partial charge < -0.3 is 14.5 Å². The van der Waals surface area contributed by atoms with Gasteiger partial charge in [0, 0.05) is 35.8 Å². The van der Waals surface area contributed by atoms with Gasteiger partial charge in [-0.15, -0.1) is 0 Å². The molecule has 7 nitrogen and oxygen atoms in total. The molecule has 0 saturated heterocycles. The van der Waals surface area contributed by atoms with Crippen LogP contribution in [0.5, 0.6) is 5.75 Å². The van der Waals surface area contributed by atoms with E-state index >= 15 is 0 Å². The van der Waals surface area contributed by atoms with E-state index in [0.717, 1.165) is 61.9 Å². The third kappa shape index (κ3) is 4.80. The van der Waals surface area contributed by atoms with Crippen LogP contribution in [0.25, 0.3) is 27.9 Å².